The van der Waals surface area contributed by atoms with Gasteiger partial charge in [-0.15, -0.1) is 0 Å². The van der Waals surface area contributed by atoms with E-state index in [1.54, 1.807) is 0 Å². The topological polar surface area (TPSA) is 66.4 Å². The second kappa shape index (κ2) is 3.48. The van der Waals surface area contributed by atoms with Crippen molar-refractivity contribution in [2.75, 3.05) is 6.54 Å². The van der Waals surface area contributed by atoms with E-state index in [1.165, 1.54) is 0 Å². The van der Waals surface area contributed by atoms with E-state index in [9.17, 15) is 9.59 Å². The molecule has 0 spiro atoms. The number of nitrogens with one attached hydrogen (secondary N) is 1. The first-order chi connectivity index (χ1) is 5.20. The molecule has 1 rings (SSSR count). The molecule has 1 heterocycles. The second-order valence-corrected chi connectivity index (χ2v) is 2.53. The van der Waals surface area contributed by atoms with Crippen LogP contribution < -0.4 is 5.32 Å². The quantitative estimate of drug-likeness (QED) is 0.545. The molecule has 1 atom stereocenters. The molecule has 2 N–H and O–H groups in total. The van der Waals surface area contributed by atoms with Crippen LogP contribution >= 0.6 is 0 Å². The van der Waals surface area contributed by atoms with Crippen LogP contribution in [0.3, 0.4) is 0 Å². The van der Waals surface area contributed by atoms with Gasteiger partial charge in [-0.05, 0) is 19.4 Å². The average Bonchev–Trinajstić information content (AvgIpc) is 2.35. The number of rotatable bonds is 3. The molecule has 4 heteroatoms. The molecular weight excluding hydrogens is 146 g/mol. The summed E-state index contributed by atoms with van der Waals surface area (Å²) in [4.78, 5) is 21.0. The van der Waals surface area contributed by atoms with E-state index in [0.717, 1.165) is 25.8 Å². The maximum absolute atomic E-state index is 11.0. The van der Waals surface area contributed by atoms with Crippen LogP contribution in [0.5, 0.6) is 0 Å². The summed E-state index contributed by atoms with van der Waals surface area (Å²) >= 11 is 0. The number of carboxylic acid groups (broad SMARTS) is 1. The fourth-order valence-corrected chi connectivity index (χ4v) is 1.15. The van der Waals surface area contributed by atoms with Gasteiger partial charge in [0.25, 0.3) is 0 Å². The van der Waals surface area contributed by atoms with Crippen molar-refractivity contribution in [1.29, 1.82) is 0 Å². The van der Waals surface area contributed by atoms with E-state index < -0.39 is 5.97 Å². The first-order valence-electron chi connectivity index (χ1n) is 3.55. The van der Waals surface area contributed by atoms with Gasteiger partial charge >= 0.3 is 5.97 Å². The minimum Gasteiger partial charge on any atom is -0.481 e. The molecule has 1 fully saturated rings. The molecule has 1 saturated heterocycles. The molecule has 0 bridgehead atoms. The fourth-order valence-electron chi connectivity index (χ4n) is 1.15. The molecule has 0 amide bonds. The van der Waals surface area contributed by atoms with Gasteiger partial charge in [0, 0.05) is 0 Å². The predicted molar refractivity (Wildman–Crippen MR) is 38.0 cm³/mol. The number of carbonyl (C=O) groups is 2. The zero-order valence-corrected chi connectivity index (χ0v) is 6.04. The SMILES string of the molecule is O=C(O)[CH]C(=O)[C@@H]1CCCN1. The first kappa shape index (κ1) is 8.20. The van der Waals surface area contributed by atoms with Crippen molar-refractivity contribution < 1.29 is 14.7 Å². The minimum absolute atomic E-state index is 0.258. The van der Waals surface area contributed by atoms with E-state index in [1.807, 2.05) is 0 Å². The Morgan fingerprint density at radius 1 is 1.55 bits per heavy atom. The molecular formula is C7H10NO3. The lowest BCUT2D eigenvalue weighted by Gasteiger charge is -2.04. The second-order valence-electron chi connectivity index (χ2n) is 2.53. The number of ketones is 1. The molecule has 61 valence electrons. The van der Waals surface area contributed by atoms with Gasteiger partial charge in [-0.3, -0.25) is 9.59 Å². The van der Waals surface area contributed by atoms with Gasteiger partial charge in [0.2, 0.25) is 0 Å². The van der Waals surface area contributed by atoms with Crippen LogP contribution in [0, 0.1) is 6.42 Å². The van der Waals surface area contributed by atoms with Crippen molar-refractivity contribution >= 4 is 11.8 Å². The number of carboxylic acids is 1. The summed E-state index contributed by atoms with van der Waals surface area (Å²) in [6.45, 7) is 0.809. The molecule has 0 aliphatic carbocycles. The molecule has 0 aromatic rings. The Hall–Kier alpha value is -0.900. The predicted octanol–water partition coefficient (Wildman–Crippen LogP) is -0.404. The third-order valence-electron chi connectivity index (χ3n) is 1.67. The van der Waals surface area contributed by atoms with Crippen molar-refractivity contribution in [3.8, 4) is 0 Å². The molecule has 1 aliphatic heterocycles. The highest BCUT2D eigenvalue weighted by Gasteiger charge is 2.23. The Bertz CT molecular complexity index is 173. The Labute approximate surface area is 64.6 Å². The van der Waals surface area contributed by atoms with Crippen LogP contribution in [0.1, 0.15) is 12.8 Å². The lowest BCUT2D eigenvalue weighted by atomic mass is 10.1. The normalized spacial score (nSPS) is 23.5. The van der Waals surface area contributed by atoms with Gasteiger partial charge < -0.3 is 10.4 Å². The largest absolute Gasteiger partial charge is 0.481 e. The Kier molecular flexibility index (Phi) is 2.59. The summed E-state index contributed by atoms with van der Waals surface area (Å²) in [6.07, 6.45) is 2.43. The maximum atomic E-state index is 11.0. The summed E-state index contributed by atoms with van der Waals surface area (Å²) in [5.41, 5.74) is 0. The third kappa shape index (κ3) is 2.31. The highest BCUT2D eigenvalue weighted by molar-refractivity contribution is 6.08. The Morgan fingerprint density at radius 2 is 2.27 bits per heavy atom. The van der Waals surface area contributed by atoms with Gasteiger partial charge in [0.05, 0.1) is 6.04 Å². The van der Waals surface area contributed by atoms with Gasteiger partial charge in [0.1, 0.15) is 6.42 Å². The Morgan fingerprint density at radius 3 is 2.73 bits per heavy atom. The zero-order chi connectivity index (χ0) is 8.27. The van der Waals surface area contributed by atoms with E-state index in [2.05, 4.69) is 5.32 Å². The minimum atomic E-state index is -1.16. The van der Waals surface area contributed by atoms with Crippen molar-refractivity contribution in [3.63, 3.8) is 0 Å². The van der Waals surface area contributed by atoms with Gasteiger partial charge in [-0.2, -0.15) is 0 Å². The summed E-state index contributed by atoms with van der Waals surface area (Å²) in [5.74, 6) is -1.49. The molecule has 11 heavy (non-hydrogen) atoms. The number of carbonyl (C=O) groups excluding carboxylic acids is 1. The average molecular weight is 156 g/mol. The van der Waals surface area contributed by atoms with E-state index >= 15 is 0 Å². The molecule has 0 saturated carbocycles. The zero-order valence-electron chi connectivity index (χ0n) is 6.04. The van der Waals surface area contributed by atoms with Gasteiger partial charge in [0.15, 0.2) is 5.78 Å². The summed E-state index contributed by atoms with van der Waals surface area (Å²) in [6, 6.07) is -0.258. The van der Waals surface area contributed by atoms with Crippen molar-refractivity contribution in [2.24, 2.45) is 0 Å². The number of hydrogen-bond donors (Lipinski definition) is 2. The van der Waals surface area contributed by atoms with E-state index in [-0.39, 0.29) is 11.8 Å². The lowest BCUT2D eigenvalue weighted by molar-refractivity contribution is -0.135. The molecule has 1 radical (unpaired) electrons. The number of aliphatic carboxylic acids is 1. The van der Waals surface area contributed by atoms with Crippen LogP contribution in [-0.4, -0.2) is 29.4 Å². The highest BCUT2D eigenvalue weighted by atomic mass is 16.4. The summed E-state index contributed by atoms with van der Waals surface area (Å²) in [7, 11) is 0. The van der Waals surface area contributed by atoms with Gasteiger partial charge in [-0.25, -0.2) is 0 Å². The van der Waals surface area contributed by atoms with Crippen LogP contribution in [0.15, 0.2) is 0 Å². The monoisotopic (exact) mass is 156 g/mol. The lowest BCUT2D eigenvalue weighted by Crippen LogP contribution is -2.32. The Balaban J connectivity index is 2.34. The standard InChI is InChI=1S/C7H10NO3/c9-6(4-7(10)11)5-2-1-3-8-5/h4-5,8H,1-3H2,(H,10,11)/t5-/m0/s1. The van der Waals surface area contributed by atoms with Gasteiger partial charge in [-0.1, -0.05) is 0 Å². The van der Waals surface area contributed by atoms with Crippen LogP contribution in [0.25, 0.3) is 0 Å². The van der Waals surface area contributed by atoms with Crippen LogP contribution in [-0.2, 0) is 9.59 Å². The molecule has 0 unspecified atom stereocenters. The number of Topliss-reactive ketones (excluding diaryl/α,β-unsaturated/α-hetero) is 1. The molecule has 0 aromatic carbocycles. The molecule has 1 aliphatic rings. The van der Waals surface area contributed by atoms with Crippen molar-refractivity contribution in [3.05, 3.63) is 6.42 Å². The van der Waals surface area contributed by atoms with Crippen molar-refractivity contribution in [2.45, 2.75) is 18.9 Å². The van der Waals surface area contributed by atoms with E-state index in [4.69, 9.17) is 5.11 Å². The van der Waals surface area contributed by atoms with Crippen molar-refractivity contribution in [1.82, 2.24) is 5.32 Å². The summed E-state index contributed by atoms with van der Waals surface area (Å²) < 4.78 is 0. The molecule has 4 nitrogen and oxygen atoms in total. The van der Waals surface area contributed by atoms with Crippen LogP contribution in [0.4, 0.5) is 0 Å². The smallest absolute Gasteiger partial charge is 0.315 e. The fraction of sp³-hybridized carbons (Fsp3) is 0.571. The molecule has 0 aromatic heterocycles. The summed E-state index contributed by atoms with van der Waals surface area (Å²) in [5, 5.41) is 11.2. The number of hydrogen-bond acceptors (Lipinski definition) is 3. The highest BCUT2D eigenvalue weighted by Crippen LogP contribution is 2.06. The third-order valence-corrected chi connectivity index (χ3v) is 1.67. The van der Waals surface area contributed by atoms with Crippen LogP contribution in [0.2, 0.25) is 0 Å². The van der Waals surface area contributed by atoms with E-state index in [0.29, 0.717) is 0 Å². The maximum Gasteiger partial charge on any atom is 0.315 e. The first-order valence-corrected chi connectivity index (χ1v) is 3.55.